The van der Waals surface area contributed by atoms with Crippen molar-refractivity contribution in [2.45, 2.75) is 290 Å². The van der Waals surface area contributed by atoms with Crippen LogP contribution in [0.5, 0.6) is 0 Å². The van der Waals surface area contributed by atoms with Crippen LogP contribution < -0.4 is 15.3 Å². The van der Waals surface area contributed by atoms with Crippen LogP contribution in [-0.4, -0.2) is 17.9 Å². The number of hydrogen-bond acceptors (Lipinski definition) is 6. The first-order valence-electron chi connectivity index (χ1n) is 25.9. The van der Waals surface area contributed by atoms with Gasteiger partial charge in [0.25, 0.3) is 0 Å². The van der Waals surface area contributed by atoms with E-state index >= 15 is 0 Å². The number of aliphatic carboxylic acids is 3. The summed E-state index contributed by atoms with van der Waals surface area (Å²) in [5, 5.41) is 30.6. The Bertz CT molecular complexity index is 827. The summed E-state index contributed by atoms with van der Waals surface area (Å²) in [6.45, 7) is 6.77. The predicted molar refractivity (Wildman–Crippen MR) is 253 cm³/mol. The monoisotopic (exact) mass is 1010 g/mol. The molecule has 0 saturated carbocycles. The first-order valence-corrected chi connectivity index (χ1v) is 25.9. The van der Waals surface area contributed by atoms with Crippen molar-refractivity contribution >= 4 is 17.9 Å². The molecule has 0 aliphatic heterocycles. The molecule has 0 rings (SSSR count). The molecule has 0 heterocycles. The van der Waals surface area contributed by atoms with Crippen molar-refractivity contribution in [3.05, 3.63) is 36.5 Å². The van der Waals surface area contributed by atoms with Crippen molar-refractivity contribution < 1.29 is 67.0 Å². The zero-order chi connectivity index (χ0) is 44.7. The van der Waals surface area contributed by atoms with Gasteiger partial charge in [0.15, 0.2) is 0 Å². The minimum atomic E-state index is -0.914. The molecular formula is C54H99ErO6. The fourth-order valence-corrected chi connectivity index (χ4v) is 7.02. The number of allylic oxidation sites excluding steroid dienone is 6. The van der Waals surface area contributed by atoms with Crippen LogP contribution >= 0.6 is 0 Å². The van der Waals surface area contributed by atoms with E-state index in [2.05, 4.69) is 57.2 Å². The van der Waals surface area contributed by atoms with E-state index in [1.54, 1.807) is 0 Å². The van der Waals surface area contributed by atoms with Gasteiger partial charge in [-0.2, -0.15) is 0 Å². The molecule has 1 radical (unpaired) electrons. The molecule has 0 bridgehead atoms. The standard InChI is InChI=1S/3C18H34O2.Er/c3*1-2-3-4-5-6-7-8-9-10-11-12-13-14-15-16-17-18(19)20;/h3*9-10H,2-8,11-17H2,1H3,(H,19,20);/q;;;+3/p-3. The molecular weight excluding hydrogens is 912 g/mol. The van der Waals surface area contributed by atoms with Crippen LogP contribution in [-0.2, 0) is 14.4 Å². The summed E-state index contributed by atoms with van der Waals surface area (Å²) in [6.07, 6.45) is 62.7. The molecule has 61 heavy (non-hydrogen) atoms. The van der Waals surface area contributed by atoms with Crippen molar-refractivity contribution in [3.63, 3.8) is 0 Å². The van der Waals surface area contributed by atoms with Gasteiger partial charge in [-0.05, 0) is 116 Å². The fourth-order valence-electron chi connectivity index (χ4n) is 7.02. The van der Waals surface area contributed by atoms with Gasteiger partial charge < -0.3 is 29.7 Å². The molecule has 7 heteroatoms. The minimum absolute atomic E-state index is 0. The quantitative estimate of drug-likeness (QED) is 0.0442. The van der Waals surface area contributed by atoms with E-state index in [-0.39, 0.29) is 56.6 Å². The Morgan fingerprint density at radius 2 is 0.410 bits per heavy atom. The van der Waals surface area contributed by atoms with Gasteiger partial charge in [-0.1, -0.05) is 211 Å². The van der Waals surface area contributed by atoms with Gasteiger partial charge in [0.1, 0.15) is 0 Å². The summed E-state index contributed by atoms with van der Waals surface area (Å²) in [6, 6.07) is 0. The second-order valence-corrected chi connectivity index (χ2v) is 17.1. The number of hydrogen-bond donors (Lipinski definition) is 0. The van der Waals surface area contributed by atoms with Gasteiger partial charge in [-0.3, -0.25) is 0 Å². The Kier molecular flexibility index (Phi) is 68.8. The van der Waals surface area contributed by atoms with Gasteiger partial charge >= 0.3 is 37.3 Å². The third-order valence-electron chi connectivity index (χ3n) is 10.9. The molecule has 0 aliphatic carbocycles. The molecule has 0 atom stereocenters. The fraction of sp³-hybridized carbons (Fsp3) is 0.833. The van der Waals surface area contributed by atoms with Crippen molar-refractivity contribution in [2.75, 3.05) is 0 Å². The molecule has 6 nitrogen and oxygen atoms in total. The summed E-state index contributed by atoms with van der Waals surface area (Å²) in [7, 11) is 0. The largest absolute Gasteiger partial charge is 3.00 e. The molecule has 0 aromatic rings. The molecule has 0 unspecified atom stereocenters. The van der Waals surface area contributed by atoms with Crippen molar-refractivity contribution in [1.29, 1.82) is 0 Å². The first kappa shape index (κ1) is 66.5. The molecule has 0 saturated heterocycles. The van der Waals surface area contributed by atoms with Crippen LogP contribution in [0.1, 0.15) is 290 Å². The van der Waals surface area contributed by atoms with Gasteiger partial charge in [0.2, 0.25) is 0 Å². The number of rotatable bonds is 45. The summed E-state index contributed by atoms with van der Waals surface area (Å²) in [5.41, 5.74) is 0. The Labute approximate surface area is 409 Å². The number of unbranched alkanes of at least 4 members (excludes halogenated alkanes) is 33. The van der Waals surface area contributed by atoms with Gasteiger partial charge in [0.05, 0.1) is 0 Å². The molecule has 0 aromatic heterocycles. The van der Waals surface area contributed by atoms with Crippen molar-refractivity contribution in [3.8, 4) is 0 Å². The Morgan fingerprint density at radius 1 is 0.262 bits per heavy atom. The maximum atomic E-state index is 10.2. The SMILES string of the molecule is CCCCCCCCC=CCCCCCCCC(=O)[O-].CCCCCCCCC=CCCCCCCCC(=O)[O-].CCCCCCCCC=CCCCCCCCC(=O)[O-].[Er+3]. The van der Waals surface area contributed by atoms with Crippen LogP contribution in [0.25, 0.3) is 0 Å². The van der Waals surface area contributed by atoms with Crippen LogP contribution in [0.4, 0.5) is 0 Å². The van der Waals surface area contributed by atoms with Gasteiger partial charge in [0, 0.05) is 17.9 Å². The maximum absolute atomic E-state index is 10.2. The van der Waals surface area contributed by atoms with Gasteiger partial charge in [-0.25, -0.2) is 0 Å². The van der Waals surface area contributed by atoms with E-state index in [0.29, 0.717) is 0 Å². The Balaban J connectivity index is -0.000000396. The molecule has 0 aliphatic rings. The number of carboxylic acids is 3. The summed E-state index contributed by atoms with van der Waals surface area (Å²) in [5.74, 6) is -2.74. The average Bonchev–Trinajstić information content (AvgIpc) is 3.22. The van der Waals surface area contributed by atoms with E-state index in [4.69, 9.17) is 0 Å². The second-order valence-electron chi connectivity index (χ2n) is 17.1. The molecule has 363 valence electrons. The second kappa shape index (κ2) is 63.2. The maximum Gasteiger partial charge on any atom is 3.00 e. The van der Waals surface area contributed by atoms with E-state index in [1.165, 1.54) is 193 Å². The van der Waals surface area contributed by atoms with E-state index in [0.717, 1.165) is 57.8 Å². The Morgan fingerprint density at radius 3 is 0.574 bits per heavy atom. The Hall–Kier alpha value is -1.12. The molecule has 0 aromatic carbocycles. The van der Waals surface area contributed by atoms with Crippen molar-refractivity contribution in [1.82, 2.24) is 0 Å². The zero-order valence-electron chi connectivity index (χ0n) is 40.4. The first-order chi connectivity index (χ1) is 29.3. The summed E-state index contributed by atoms with van der Waals surface area (Å²) in [4.78, 5) is 30.6. The predicted octanol–water partition coefficient (Wildman–Crippen LogP) is 14.3. The van der Waals surface area contributed by atoms with E-state index in [1.807, 2.05) is 0 Å². The summed E-state index contributed by atoms with van der Waals surface area (Å²) < 4.78 is 0. The topological polar surface area (TPSA) is 120 Å². The van der Waals surface area contributed by atoms with Gasteiger partial charge in [-0.15, -0.1) is 0 Å². The van der Waals surface area contributed by atoms with Crippen LogP contribution in [0.2, 0.25) is 0 Å². The number of carboxylic acid groups (broad SMARTS) is 3. The number of carbonyl (C=O) groups excluding carboxylic acids is 3. The summed E-state index contributed by atoms with van der Waals surface area (Å²) >= 11 is 0. The normalized spacial score (nSPS) is 11.1. The van der Waals surface area contributed by atoms with E-state index in [9.17, 15) is 29.7 Å². The van der Waals surface area contributed by atoms with Crippen LogP contribution in [0, 0.1) is 37.3 Å². The van der Waals surface area contributed by atoms with Crippen LogP contribution in [0.3, 0.4) is 0 Å². The third-order valence-corrected chi connectivity index (χ3v) is 10.9. The smallest absolute Gasteiger partial charge is 0.550 e. The van der Waals surface area contributed by atoms with Crippen molar-refractivity contribution in [2.24, 2.45) is 0 Å². The van der Waals surface area contributed by atoms with Crippen LogP contribution in [0.15, 0.2) is 36.5 Å². The number of carbonyl (C=O) groups is 3. The third kappa shape index (κ3) is 76.6. The molecule has 0 N–H and O–H groups in total. The minimum Gasteiger partial charge on any atom is -0.550 e. The van der Waals surface area contributed by atoms with E-state index < -0.39 is 17.9 Å². The molecule has 0 spiro atoms. The molecule has 0 amide bonds. The zero-order valence-corrected chi connectivity index (χ0v) is 42.3. The molecule has 0 fully saturated rings. The average molecular weight is 1010 g/mol.